The van der Waals surface area contributed by atoms with Gasteiger partial charge in [0.1, 0.15) is 0 Å². The molecule has 27 heavy (non-hydrogen) atoms. The highest BCUT2D eigenvalue weighted by molar-refractivity contribution is 6.38. The quantitative estimate of drug-likeness (QED) is 0.654. The van der Waals surface area contributed by atoms with E-state index in [0.717, 1.165) is 42.6 Å². The predicted molar refractivity (Wildman–Crippen MR) is 108 cm³/mol. The van der Waals surface area contributed by atoms with Gasteiger partial charge in [0.2, 0.25) is 0 Å². The summed E-state index contributed by atoms with van der Waals surface area (Å²) >= 11 is 6.71. The Morgan fingerprint density at radius 2 is 2.04 bits per heavy atom. The third kappa shape index (κ3) is 3.10. The van der Waals surface area contributed by atoms with E-state index in [1.807, 2.05) is 42.2 Å². The Labute approximate surface area is 164 Å². The molecule has 0 bridgehead atoms. The Kier molecular flexibility index (Phi) is 4.87. The van der Waals surface area contributed by atoms with Crippen molar-refractivity contribution in [1.82, 2.24) is 19.7 Å². The van der Waals surface area contributed by atoms with Gasteiger partial charge in [0.15, 0.2) is 5.65 Å². The lowest BCUT2D eigenvalue weighted by Crippen LogP contribution is -2.43. The van der Waals surface area contributed by atoms with Gasteiger partial charge in [-0.3, -0.25) is 4.79 Å². The van der Waals surface area contributed by atoms with Gasteiger partial charge in [-0.2, -0.15) is 5.10 Å². The normalized spacial score (nSPS) is 17.4. The molecule has 5 nitrogen and oxygen atoms in total. The second-order valence-electron chi connectivity index (χ2n) is 7.07. The molecule has 1 aliphatic rings. The fourth-order valence-corrected chi connectivity index (χ4v) is 4.30. The summed E-state index contributed by atoms with van der Waals surface area (Å²) in [7, 11) is 0. The Hall–Kier alpha value is -2.40. The molecule has 1 aromatic carbocycles. The van der Waals surface area contributed by atoms with Crippen LogP contribution in [0.3, 0.4) is 0 Å². The molecule has 1 aliphatic heterocycles. The van der Waals surface area contributed by atoms with E-state index >= 15 is 0 Å². The van der Waals surface area contributed by atoms with E-state index in [1.54, 1.807) is 10.9 Å². The Balaban J connectivity index is 1.79. The Morgan fingerprint density at radius 3 is 2.78 bits per heavy atom. The summed E-state index contributed by atoms with van der Waals surface area (Å²) in [4.78, 5) is 19.7. The number of halogens is 1. The highest BCUT2D eigenvalue weighted by Gasteiger charge is 2.29. The van der Waals surface area contributed by atoms with Crippen LogP contribution in [0.15, 0.2) is 36.5 Å². The number of piperidine rings is 1. The van der Waals surface area contributed by atoms with Crippen molar-refractivity contribution in [2.24, 2.45) is 0 Å². The van der Waals surface area contributed by atoms with Gasteiger partial charge in [0.05, 0.1) is 27.4 Å². The van der Waals surface area contributed by atoms with Gasteiger partial charge in [0, 0.05) is 18.8 Å². The predicted octanol–water partition coefficient (Wildman–Crippen LogP) is 4.79. The first-order chi connectivity index (χ1) is 13.1. The molecule has 1 amide bonds. The fourth-order valence-electron chi connectivity index (χ4n) is 3.95. The number of hydrogen-bond donors (Lipinski definition) is 0. The molecule has 0 aliphatic carbocycles. The van der Waals surface area contributed by atoms with Crippen LogP contribution in [0, 0.1) is 6.92 Å². The van der Waals surface area contributed by atoms with Gasteiger partial charge in [-0.1, -0.05) is 36.7 Å². The van der Waals surface area contributed by atoms with Crippen LogP contribution < -0.4 is 0 Å². The number of para-hydroxylation sites is 1. The maximum absolute atomic E-state index is 13.2. The van der Waals surface area contributed by atoms with Crippen LogP contribution in [0.2, 0.25) is 5.02 Å². The van der Waals surface area contributed by atoms with Gasteiger partial charge in [-0.15, -0.1) is 0 Å². The molecule has 3 heterocycles. The summed E-state index contributed by atoms with van der Waals surface area (Å²) < 4.78 is 1.78. The second-order valence-corrected chi connectivity index (χ2v) is 7.45. The molecule has 1 saturated heterocycles. The monoisotopic (exact) mass is 382 g/mol. The van der Waals surface area contributed by atoms with Crippen LogP contribution in [0.25, 0.3) is 16.7 Å². The molecular formula is C21H23ClN4O. The topological polar surface area (TPSA) is 51.0 Å². The summed E-state index contributed by atoms with van der Waals surface area (Å²) in [6.07, 6.45) is 5.84. The van der Waals surface area contributed by atoms with Crippen LogP contribution in [0.1, 0.15) is 48.7 Å². The standard InChI is InChI=1S/C21H23ClN4O/c1-3-15-9-7-8-12-25(15)21(27)17-13-23-20-18(19(17)22)14(2)24-26(20)16-10-5-4-6-11-16/h4-6,10-11,13,15H,3,7-9,12H2,1-2H3/t15-/m1/s1. The molecular weight excluding hydrogens is 360 g/mol. The summed E-state index contributed by atoms with van der Waals surface area (Å²) in [5.74, 6) is -0.0205. The van der Waals surface area contributed by atoms with Crippen LogP contribution in [-0.2, 0) is 0 Å². The highest BCUT2D eigenvalue weighted by Crippen LogP contribution is 2.32. The van der Waals surface area contributed by atoms with E-state index in [4.69, 9.17) is 11.6 Å². The summed E-state index contributed by atoms with van der Waals surface area (Å²) in [6.45, 7) is 4.82. The average Bonchev–Trinajstić information content (AvgIpc) is 3.06. The van der Waals surface area contributed by atoms with E-state index in [1.165, 1.54) is 6.42 Å². The molecule has 4 rings (SSSR count). The molecule has 2 aromatic heterocycles. The van der Waals surface area contributed by atoms with Crippen molar-refractivity contribution in [3.05, 3.63) is 52.8 Å². The van der Waals surface area contributed by atoms with Crippen molar-refractivity contribution in [1.29, 1.82) is 0 Å². The van der Waals surface area contributed by atoms with E-state index < -0.39 is 0 Å². The van der Waals surface area contributed by atoms with Crippen molar-refractivity contribution >= 4 is 28.5 Å². The number of aryl methyl sites for hydroxylation is 1. The molecule has 0 N–H and O–H groups in total. The highest BCUT2D eigenvalue weighted by atomic mass is 35.5. The first-order valence-electron chi connectivity index (χ1n) is 9.52. The lowest BCUT2D eigenvalue weighted by atomic mass is 9.99. The molecule has 0 saturated carbocycles. The zero-order chi connectivity index (χ0) is 19.0. The molecule has 0 radical (unpaired) electrons. The summed E-state index contributed by atoms with van der Waals surface area (Å²) in [5, 5.41) is 5.81. The number of benzene rings is 1. The fraction of sp³-hybridized carbons (Fsp3) is 0.381. The first kappa shape index (κ1) is 18.0. The number of carbonyl (C=O) groups is 1. The van der Waals surface area contributed by atoms with E-state index in [9.17, 15) is 4.79 Å². The number of aromatic nitrogens is 3. The second kappa shape index (κ2) is 7.31. The van der Waals surface area contributed by atoms with Crippen molar-refractivity contribution < 1.29 is 4.79 Å². The SMILES string of the molecule is CC[C@@H]1CCCCN1C(=O)c1cnc2c(c(C)nn2-c2ccccc2)c1Cl. The number of fused-ring (bicyclic) bond motifs is 1. The smallest absolute Gasteiger partial charge is 0.257 e. The van der Waals surface area contributed by atoms with Crippen LogP contribution in [0.5, 0.6) is 0 Å². The molecule has 1 fully saturated rings. The van der Waals surface area contributed by atoms with Gasteiger partial charge in [0.25, 0.3) is 5.91 Å². The lowest BCUT2D eigenvalue weighted by Gasteiger charge is -2.35. The van der Waals surface area contributed by atoms with Gasteiger partial charge < -0.3 is 4.90 Å². The van der Waals surface area contributed by atoms with Gasteiger partial charge in [-0.25, -0.2) is 9.67 Å². The molecule has 0 spiro atoms. The lowest BCUT2D eigenvalue weighted by molar-refractivity contribution is 0.0608. The van der Waals surface area contributed by atoms with Crippen LogP contribution >= 0.6 is 11.6 Å². The number of nitrogens with zero attached hydrogens (tertiary/aromatic N) is 4. The number of hydrogen-bond acceptors (Lipinski definition) is 3. The maximum Gasteiger partial charge on any atom is 0.257 e. The minimum atomic E-state index is -0.0205. The maximum atomic E-state index is 13.2. The zero-order valence-corrected chi connectivity index (χ0v) is 16.4. The van der Waals surface area contributed by atoms with Crippen molar-refractivity contribution in [2.75, 3.05) is 6.54 Å². The van der Waals surface area contributed by atoms with E-state index in [-0.39, 0.29) is 11.9 Å². The van der Waals surface area contributed by atoms with Crippen molar-refractivity contribution in [3.8, 4) is 5.69 Å². The number of rotatable bonds is 3. The van der Waals surface area contributed by atoms with E-state index in [2.05, 4.69) is 17.0 Å². The van der Waals surface area contributed by atoms with Gasteiger partial charge in [-0.05, 0) is 44.7 Å². The number of amides is 1. The van der Waals surface area contributed by atoms with Gasteiger partial charge >= 0.3 is 0 Å². The average molecular weight is 383 g/mol. The van der Waals surface area contributed by atoms with E-state index in [0.29, 0.717) is 16.2 Å². The Bertz CT molecular complexity index is 983. The third-order valence-electron chi connectivity index (χ3n) is 5.40. The van der Waals surface area contributed by atoms with Crippen molar-refractivity contribution in [3.63, 3.8) is 0 Å². The minimum absolute atomic E-state index is 0.0205. The third-order valence-corrected chi connectivity index (χ3v) is 5.79. The molecule has 0 unspecified atom stereocenters. The summed E-state index contributed by atoms with van der Waals surface area (Å²) in [5.41, 5.74) is 2.83. The zero-order valence-electron chi connectivity index (χ0n) is 15.7. The molecule has 140 valence electrons. The summed E-state index contributed by atoms with van der Waals surface area (Å²) in [6, 6.07) is 10.1. The number of pyridine rings is 1. The number of carbonyl (C=O) groups excluding carboxylic acids is 1. The molecule has 6 heteroatoms. The van der Waals surface area contributed by atoms with Crippen LogP contribution in [-0.4, -0.2) is 38.2 Å². The molecule has 1 atom stereocenters. The minimum Gasteiger partial charge on any atom is -0.336 e. The first-order valence-corrected chi connectivity index (χ1v) is 9.89. The van der Waals surface area contributed by atoms with Crippen molar-refractivity contribution in [2.45, 2.75) is 45.6 Å². The van der Waals surface area contributed by atoms with Crippen LogP contribution in [0.4, 0.5) is 0 Å². The molecule has 3 aromatic rings. The number of likely N-dealkylation sites (tertiary alicyclic amines) is 1. The Morgan fingerprint density at radius 1 is 1.26 bits per heavy atom. The largest absolute Gasteiger partial charge is 0.336 e.